The van der Waals surface area contributed by atoms with Crippen LogP contribution in [0, 0.1) is 18.3 Å². The summed E-state index contributed by atoms with van der Waals surface area (Å²) in [6, 6.07) is 67.4. The molecular weight excluding hydrogens is 667 g/mol. The second-order valence-electron chi connectivity index (χ2n) is 14.4. The summed E-state index contributed by atoms with van der Waals surface area (Å²) in [4.78, 5) is 0. The van der Waals surface area contributed by atoms with Gasteiger partial charge in [0.25, 0.3) is 0 Å². The van der Waals surface area contributed by atoms with Crippen molar-refractivity contribution >= 4 is 43.6 Å². The first-order chi connectivity index (χ1) is 27.2. The molecule has 0 atom stereocenters. The van der Waals surface area contributed by atoms with Gasteiger partial charge in [0, 0.05) is 27.2 Å². The van der Waals surface area contributed by atoms with E-state index in [0.29, 0.717) is 5.56 Å². The van der Waals surface area contributed by atoms with Gasteiger partial charge in [0.15, 0.2) is 0 Å². The monoisotopic (exact) mass is 703 g/mol. The van der Waals surface area contributed by atoms with Crippen LogP contribution >= 0.6 is 0 Å². The standard InChI is InChI=1S/C52H37N3/c1-35-13-5-7-17-42(35)43-18-8-6-14-38(43)28-25-36-23-26-37(27-24-36)39-29-31-47(40(33-39)34-53)55-49-22-12-10-20-46(49)51-50(55)32-30-45-44-19-9-11-21-48(44)54(52(45)51)41-15-3-2-4-16-41/h2-24,26-27,29-33H,25,28H2,1H3. The van der Waals surface area contributed by atoms with Crippen LogP contribution in [-0.4, -0.2) is 9.13 Å². The van der Waals surface area contributed by atoms with E-state index in [1.54, 1.807) is 0 Å². The molecule has 0 unspecified atom stereocenters. The van der Waals surface area contributed by atoms with E-state index in [1.807, 2.05) is 6.07 Å². The van der Waals surface area contributed by atoms with Crippen LogP contribution in [0.25, 0.3) is 77.2 Å². The first kappa shape index (κ1) is 32.5. The van der Waals surface area contributed by atoms with Crippen molar-refractivity contribution in [3.8, 4) is 39.7 Å². The minimum Gasteiger partial charge on any atom is -0.309 e. The van der Waals surface area contributed by atoms with E-state index in [1.165, 1.54) is 55.0 Å². The van der Waals surface area contributed by atoms with E-state index < -0.39 is 0 Å². The van der Waals surface area contributed by atoms with Crippen molar-refractivity contribution in [3.05, 3.63) is 204 Å². The molecule has 2 aromatic heterocycles. The molecule has 0 spiro atoms. The average Bonchev–Trinajstić information content (AvgIpc) is 3.76. The van der Waals surface area contributed by atoms with E-state index >= 15 is 0 Å². The number of aryl methyl sites for hydroxylation is 3. The molecule has 0 radical (unpaired) electrons. The van der Waals surface area contributed by atoms with Gasteiger partial charge < -0.3 is 9.13 Å². The van der Waals surface area contributed by atoms with Gasteiger partial charge in [-0.1, -0.05) is 140 Å². The molecule has 0 saturated carbocycles. The van der Waals surface area contributed by atoms with Crippen molar-refractivity contribution in [1.82, 2.24) is 9.13 Å². The Hall–Kier alpha value is -7.15. The Morgan fingerprint density at radius 1 is 0.491 bits per heavy atom. The first-order valence-electron chi connectivity index (χ1n) is 19.0. The molecule has 0 aliphatic carbocycles. The third-order valence-corrected chi connectivity index (χ3v) is 11.3. The van der Waals surface area contributed by atoms with Gasteiger partial charge in [-0.3, -0.25) is 0 Å². The molecular formula is C52H37N3. The largest absolute Gasteiger partial charge is 0.309 e. The number of fused-ring (bicyclic) bond motifs is 7. The van der Waals surface area contributed by atoms with E-state index in [9.17, 15) is 5.26 Å². The highest BCUT2D eigenvalue weighted by molar-refractivity contribution is 6.26. The van der Waals surface area contributed by atoms with Crippen molar-refractivity contribution < 1.29 is 0 Å². The average molecular weight is 704 g/mol. The second-order valence-corrected chi connectivity index (χ2v) is 14.4. The van der Waals surface area contributed by atoms with E-state index in [-0.39, 0.29) is 0 Å². The summed E-state index contributed by atoms with van der Waals surface area (Å²) in [5.74, 6) is 0. The number of hydrogen-bond acceptors (Lipinski definition) is 1. The van der Waals surface area contributed by atoms with Gasteiger partial charge in [-0.15, -0.1) is 0 Å². The van der Waals surface area contributed by atoms with Gasteiger partial charge in [-0.25, -0.2) is 0 Å². The van der Waals surface area contributed by atoms with Crippen LogP contribution in [0.15, 0.2) is 182 Å². The number of aromatic nitrogens is 2. The van der Waals surface area contributed by atoms with Gasteiger partial charge >= 0.3 is 0 Å². The zero-order chi connectivity index (χ0) is 36.9. The minimum atomic E-state index is 0.640. The molecule has 10 aromatic rings. The maximum Gasteiger partial charge on any atom is 0.101 e. The van der Waals surface area contributed by atoms with Crippen LogP contribution in [0.4, 0.5) is 0 Å². The summed E-state index contributed by atoms with van der Waals surface area (Å²) in [6.07, 6.45) is 1.92. The molecule has 260 valence electrons. The number of hydrogen-bond donors (Lipinski definition) is 0. The smallest absolute Gasteiger partial charge is 0.101 e. The number of para-hydroxylation sites is 3. The van der Waals surface area contributed by atoms with Gasteiger partial charge in [0.1, 0.15) is 6.07 Å². The lowest BCUT2D eigenvalue weighted by Crippen LogP contribution is -1.98. The van der Waals surface area contributed by atoms with E-state index in [2.05, 4.69) is 198 Å². The van der Waals surface area contributed by atoms with Crippen LogP contribution in [0.3, 0.4) is 0 Å². The number of benzene rings is 8. The molecule has 3 heteroatoms. The maximum absolute atomic E-state index is 10.7. The lowest BCUT2D eigenvalue weighted by Gasteiger charge is -2.13. The molecule has 0 bridgehead atoms. The Bertz CT molecular complexity index is 3100. The fraction of sp³-hybridized carbons (Fsp3) is 0.0577. The van der Waals surface area contributed by atoms with E-state index in [0.717, 1.165) is 51.8 Å². The number of nitriles is 1. The molecule has 0 aliphatic heterocycles. The van der Waals surface area contributed by atoms with Crippen molar-refractivity contribution in [3.63, 3.8) is 0 Å². The topological polar surface area (TPSA) is 33.6 Å². The fourth-order valence-corrected chi connectivity index (χ4v) is 8.63. The Morgan fingerprint density at radius 2 is 1.15 bits per heavy atom. The summed E-state index contributed by atoms with van der Waals surface area (Å²) in [5.41, 5.74) is 15.8. The van der Waals surface area contributed by atoms with Gasteiger partial charge in [0.05, 0.1) is 33.3 Å². The highest BCUT2D eigenvalue weighted by atomic mass is 15.0. The van der Waals surface area contributed by atoms with Crippen LogP contribution < -0.4 is 0 Å². The summed E-state index contributed by atoms with van der Waals surface area (Å²) in [6.45, 7) is 2.18. The molecule has 0 fully saturated rings. The Kier molecular flexibility index (Phi) is 7.90. The van der Waals surface area contributed by atoms with Crippen molar-refractivity contribution in [2.75, 3.05) is 0 Å². The molecule has 0 amide bonds. The summed E-state index contributed by atoms with van der Waals surface area (Å²) in [5, 5.41) is 15.4. The normalized spacial score (nSPS) is 11.5. The molecule has 0 aliphatic rings. The van der Waals surface area contributed by atoms with Crippen LogP contribution in [0.1, 0.15) is 22.3 Å². The quantitative estimate of drug-likeness (QED) is 0.163. The predicted molar refractivity (Wildman–Crippen MR) is 229 cm³/mol. The summed E-state index contributed by atoms with van der Waals surface area (Å²) in [7, 11) is 0. The van der Waals surface area contributed by atoms with Crippen LogP contribution in [0.2, 0.25) is 0 Å². The second kappa shape index (κ2) is 13.4. The van der Waals surface area contributed by atoms with Gasteiger partial charge in [0.2, 0.25) is 0 Å². The van der Waals surface area contributed by atoms with Crippen molar-refractivity contribution in [2.45, 2.75) is 19.8 Å². The van der Waals surface area contributed by atoms with Crippen LogP contribution in [-0.2, 0) is 12.8 Å². The van der Waals surface area contributed by atoms with Gasteiger partial charge in [-0.05, 0) is 101 Å². The number of rotatable bonds is 7. The first-order valence-corrected chi connectivity index (χ1v) is 19.0. The maximum atomic E-state index is 10.7. The lowest BCUT2D eigenvalue weighted by molar-refractivity contribution is 0.962. The van der Waals surface area contributed by atoms with Crippen molar-refractivity contribution in [2.24, 2.45) is 0 Å². The summed E-state index contributed by atoms with van der Waals surface area (Å²) >= 11 is 0. The van der Waals surface area contributed by atoms with Gasteiger partial charge in [-0.2, -0.15) is 5.26 Å². The van der Waals surface area contributed by atoms with E-state index in [4.69, 9.17) is 0 Å². The van der Waals surface area contributed by atoms with Crippen molar-refractivity contribution in [1.29, 1.82) is 5.26 Å². The zero-order valence-corrected chi connectivity index (χ0v) is 30.6. The highest BCUT2D eigenvalue weighted by Crippen LogP contribution is 2.42. The molecule has 8 aromatic carbocycles. The molecule has 3 nitrogen and oxygen atoms in total. The summed E-state index contributed by atoms with van der Waals surface area (Å²) < 4.78 is 4.67. The molecule has 0 saturated heterocycles. The minimum absolute atomic E-state index is 0.640. The third-order valence-electron chi connectivity index (χ3n) is 11.3. The molecule has 55 heavy (non-hydrogen) atoms. The Morgan fingerprint density at radius 3 is 1.93 bits per heavy atom. The highest BCUT2D eigenvalue weighted by Gasteiger charge is 2.22. The number of nitrogens with zero attached hydrogens (tertiary/aromatic N) is 3. The molecule has 2 heterocycles. The fourth-order valence-electron chi connectivity index (χ4n) is 8.63. The third kappa shape index (κ3) is 5.42. The zero-order valence-electron chi connectivity index (χ0n) is 30.6. The SMILES string of the molecule is Cc1ccccc1-c1ccccc1CCc1ccc(-c2ccc(-n3c4ccccc4c4c3ccc3c5ccccc5n(-c5ccccc5)c34)c(C#N)c2)cc1. The van der Waals surface area contributed by atoms with Crippen LogP contribution in [0.5, 0.6) is 0 Å². The molecule has 0 N–H and O–H groups in total. The lowest BCUT2D eigenvalue weighted by atomic mass is 9.92. The molecule has 10 rings (SSSR count). The predicted octanol–water partition coefficient (Wildman–Crippen LogP) is 13.2. The Labute approximate surface area is 320 Å². The Balaban J connectivity index is 1.03.